The molecule has 0 aromatic rings. The minimum absolute atomic E-state index is 0.142. The normalized spacial score (nSPS) is 32.2. The minimum atomic E-state index is -0.691. The summed E-state index contributed by atoms with van der Waals surface area (Å²) in [5, 5.41) is 12.5. The van der Waals surface area contributed by atoms with Crippen LogP contribution >= 0.6 is 0 Å². The van der Waals surface area contributed by atoms with E-state index in [1.807, 2.05) is 0 Å². The maximum Gasteiger partial charge on any atom is 0.227 e. The van der Waals surface area contributed by atoms with Gasteiger partial charge in [-0.05, 0) is 13.0 Å². The standard InChI is InChI=1S/C9H9NO3/c1-4-9(13)5-2-7(11)8(12)3-6(5)10-4/h2-4,9-10,13H,1H3. The molecule has 2 atom stereocenters. The van der Waals surface area contributed by atoms with Gasteiger partial charge >= 0.3 is 0 Å². The van der Waals surface area contributed by atoms with Crippen LogP contribution < -0.4 is 5.32 Å². The summed E-state index contributed by atoms with van der Waals surface area (Å²) in [7, 11) is 0. The van der Waals surface area contributed by atoms with Crippen LogP contribution in [0.2, 0.25) is 0 Å². The van der Waals surface area contributed by atoms with Crippen LogP contribution in [-0.4, -0.2) is 28.8 Å². The van der Waals surface area contributed by atoms with Crippen molar-refractivity contribution >= 4 is 11.6 Å². The lowest BCUT2D eigenvalue weighted by atomic mass is 9.99. The molecule has 13 heavy (non-hydrogen) atoms. The SMILES string of the molecule is CC1NC2=CC(=O)C(=O)C=C2C1O. The van der Waals surface area contributed by atoms with Crippen molar-refractivity contribution in [1.82, 2.24) is 5.32 Å². The van der Waals surface area contributed by atoms with E-state index in [0.29, 0.717) is 11.3 Å². The second kappa shape index (κ2) is 2.53. The number of aliphatic hydroxyl groups excluding tert-OH is 1. The van der Waals surface area contributed by atoms with Gasteiger partial charge in [-0.3, -0.25) is 9.59 Å². The molecule has 1 heterocycles. The molecule has 0 radical (unpaired) electrons. The van der Waals surface area contributed by atoms with Crippen molar-refractivity contribution in [2.24, 2.45) is 0 Å². The average Bonchev–Trinajstić information content (AvgIpc) is 2.32. The van der Waals surface area contributed by atoms with Crippen LogP contribution in [0.1, 0.15) is 6.92 Å². The molecule has 0 saturated carbocycles. The fourth-order valence-corrected chi connectivity index (χ4v) is 1.54. The van der Waals surface area contributed by atoms with Crippen LogP contribution in [0.25, 0.3) is 0 Å². The molecular weight excluding hydrogens is 170 g/mol. The van der Waals surface area contributed by atoms with E-state index in [1.165, 1.54) is 12.2 Å². The van der Waals surface area contributed by atoms with Crippen molar-refractivity contribution in [2.75, 3.05) is 0 Å². The molecule has 0 aromatic heterocycles. The van der Waals surface area contributed by atoms with Crippen molar-refractivity contribution < 1.29 is 14.7 Å². The molecule has 0 bridgehead atoms. The molecule has 2 rings (SSSR count). The number of aliphatic hydroxyl groups is 1. The van der Waals surface area contributed by atoms with E-state index < -0.39 is 17.7 Å². The van der Waals surface area contributed by atoms with Crippen LogP contribution in [-0.2, 0) is 9.59 Å². The van der Waals surface area contributed by atoms with Gasteiger partial charge in [-0.25, -0.2) is 0 Å². The monoisotopic (exact) mass is 179 g/mol. The van der Waals surface area contributed by atoms with Crippen molar-refractivity contribution in [2.45, 2.75) is 19.1 Å². The predicted molar refractivity (Wildman–Crippen MR) is 44.8 cm³/mol. The highest BCUT2D eigenvalue weighted by Gasteiger charge is 2.34. The molecule has 4 heteroatoms. The fraction of sp³-hybridized carbons (Fsp3) is 0.333. The molecule has 0 amide bonds. The lowest BCUT2D eigenvalue weighted by Crippen LogP contribution is -2.25. The third kappa shape index (κ3) is 1.10. The van der Waals surface area contributed by atoms with Gasteiger partial charge in [-0.15, -0.1) is 0 Å². The van der Waals surface area contributed by atoms with Gasteiger partial charge in [0.15, 0.2) is 0 Å². The summed E-state index contributed by atoms with van der Waals surface area (Å²) in [5.74, 6) is -1.10. The first-order chi connectivity index (χ1) is 6.09. The van der Waals surface area contributed by atoms with Gasteiger partial charge in [0, 0.05) is 17.3 Å². The van der Waals surface area contributed by atoms with E-state index in [0.717, 1.165) is 0 Å². The van der Waals surface area contributed by atoms with E-state index in [9.17, 15) is 14.7 Å². The molecule has 2 N–H and O–H groups in total. The molecule has 1 aliphatic carbocycles. The first-order valence-corrected chi connectivity index (χ1v) is 4.06. The van der Waals surface area contributed by atoms with E-state index in [4.69, 9.17) is 0 Å². The molecule has 2 aliphatic rings. The van der Waals surface area contributed by atoms with Crippen molar-refractivity contribution in [3.05, 3.63) is 23.4 Å². The van der Waals surface area contributed by atoms with E-state index >= 15 is 0 Å². The molecule has 1 aliphatic heterocycles. The Bertz CT molecular complexity index is 354. The van der Waals surface area contributed by atoms with Gasteiger partial charge in [0.2, 0.25) is 11.6 Å². The van der Waals surface area contributed by atoms with E-state index in [1.54, 1.807) is 6.92 Å². The maximum atomic E-state index is 11.0. The van der Waals surface area contributed by atoms with E-state index in [-0.39, 0.29) is 6.04 Å². The highest BCUT2D eigenvalue weighted by atomic mass is 16.3. The Balaban J connectivity index is 2.44. The second-order valence-corrected chi connectivity index (χ2v) is 3.26. The van der Waals surface area contributed by atoms with E-state index in [2.05, 4.69) is 5.32 Å². The van der Waals surface area contributed by atoms with Gasteiger partial charge in [-0.2, -0.15) is 0 Å². The van der Waals surface area contributed by atoms with Crippen LogP contribution in [0.4, 0.5) is 0 Å². The summed E-state index contributed by atoms with van der Waals surface area (Å²) in [5.41, 5.74) is 1.10. The Morgan fingerprint density at radius 1 is 1.31 bits per heavy atom. The average molecular weight is 179 g/mol. The molecule has 2 unspecified atom stereocenters. The smallest absolute Gasteiger partial charge is 0.227 e. The summed E-state index contributed by atoms with van der Waals surface area (Å²) in [6, 6.07) is -0.142. The highest BCUT2D eigenvalue weighted by molar-refractivity contribution is 6.46. The summed E-state index contributed by atoms with van der Waals surface area (Å²) in [4.78, 5) is 21.9. The Hall–Kier alpha value is -1.42. The van der Waals surface area contributed by atoms with Crippen LogP contribution in [0.5, 0.6) is 0 Å². The van der Waals surface area contributed by atoms with Crippen molar-refractivity contribution in [1.29, 1.82) is 0 Å². The Kier molecular flexibility index (Phi) is 1.60. The summed E-state index contributed by atoms with van der Waals surface area (Å²) in [6.07, 6.45) is 1.76. The number of rotatable bonds is 0. The predicted octanol–water partition coefficient (Wildman–Crippen LogP) is -0.699. The first kappa shape index (κ1) is 8.19. The highest BCUT2D eigenvalue weighted by Crippen LogP contribution is 2.25. The van der Waals surface area contributed by atoms with Gasteiger partial charge in [0.1, 0.15) is 6.10 Å². The number of carbonyl (C=O) groups excluding carboxylic acids is 2. The summed E-state index contributed by atoms with van der Waals surface area (Å²) >= 11 is 0. The number of hydrogen-bond acceptors (Lipinski definition) is 4. The topological polar surface area (TPSA) is 66.4 Å². The van der Waals surface area contributed by atoms with Gasteiger partial charge < -0.3 is 10.4 Å². The number of ketones is 2. The number of fused-ring (bicyclic) bond motifs is 1. The number of nitrogens with one attached hydrogen (secondary N) is 1. The third-order valence-corrected chi connectivity index (χ3v) is 2.29. The van der Waals surface area contributed by atoms with Crippen molar-refractivity contribution in [3.63, 3.8) is 0 Å². The second-order valence-electron chi connectivity index (χ2n) is 3.26. The zero-order chi connectivity index (χ0) is 9.59. The summed E-state index contributed by atoms with van der Waals surface area (Å²) in [6.45, 7) is 1.79. The number of allylic oxidation sites excluding steroid dienone is 2. The molecule has 1 fully saturated rings. The van der Waals surface area contributed by atoms with Crippen molar-refractivity contribution in [3.8, 4) is 0 Å². The Morgan fingerprint density at radius 3 is 2.62 bits per heavy atom. The quantitative estimate of drug-likeness (QED) is 0.381. The molecular formula is C9H9NO3. The summed E-state index contributed by atoms with van der Waals surface area (Å²) < 4.78 is 0. The van der Waals surface area contributed by atoms with Crippen LogP contribution in [0.15, 0.2) is 23.4 Å². The molecule has 0 aromatic carbocycles. The lowest BCUT2D eigenvalue weighted by Gasteiger charge is -2.07. The first-order valence-electron chi connectivity index (χ1n) is 4.06. The molecule has 68 valence electrons. The zero-order valence-corrected chi connectivity index (χ0v) is 7.07. The third-order valence-electron chi connectivity index (χ3n) is 2.29. The van der Waals surface area contributed by atoms with Crippen LogP contribution in [0.3, 0.4) is 0 Å². The van der Waals surface area contributed by atoms with Crippen LogP contribution in [0, 0.1) is 0 Å². The van der Waals surface area contributed by atoms with Gasteiger partial charge in [-0.1, -0.05) is 0 Å². The lowest BCUT2D eigenvalue weighted by molar-refractivity contribution is -0.131. The molecule has 4 nitrogen and oxygen atoms in total. The van der Waals surface area contributed by atoms with Gasteiger partial charge in [0.25, 0.3) is 0 Å². The molecule has 0 spiro atoms. The molecule has 1 saturated heterocycles. The minimum Gasteiger partial charge on any atom is -0.386 e. The largest absolute Gasteiger partial charge is 0.386 e. The zero-order valence-electron chi connectivity index (χ0n) is 7.07. The van der Waals surface area contributed by atoms with Gasteiger partial charge in [0.05, 0.1) is 6.04 Å². The Morgan fingerprint density at radius 2 is 1.92 bits per heavy atom. The number of carbonyl (C=O) groups is 2. The fourth-order valence-electron chi connectivity index (χ4n) is 1.54. The number of hydrogen-bond donors (Lipinski definition) is 2. The maximum absolute atomic E-state index is 11.0. The Labute approximate surface area is 74.9 Å².